The first-order valence-electron chi connectivity index (χ1n) is 11.8. The molecule has 4 rings (SSSR count). The number of unbranched alkanes of at least 4 members (excludes halogenated alkanes) is 2. The summed E-state index contributed by atoms with van der Waals surface area (Å²) in [6, 6.07) is 22.7. The van der Waals surface area contributed by atoms with Crippen molar-refractivity contribution in [1.29, 1.82) is 0 Å². The molecule has 6 heteroatoms. The number of rotatable bonds is 9. The SMILES string of the molecule is CCCCCOc1ccc(C2/C(=C(\O)c3ccc(Cl)cc3)C(=O)C(=O)N2Cc2ccccc2)cc1. The molecule has 0 radical (unpaired) electrons. The third-order valence-electron chi connectivity index (χ3n) is 6.07. The van der Waals surface area contributed by atoms with Gasteiger partial charge in [-0.1, -0.05) is 73.8 Å². The second-order valence-electron chi connectivity index (χ2n) is 8.54. The van der Waals surface area contributed by atoms with Gasteiger partial charge in [0.2, 0.25) is 0 Å². The van der Waals surface area contributed by atoms with Crippen molar-refractivity contribution in [2.24, 2.45) is 0 Å². The molecule has 1 aliphatic rings. The Morgan fingerprint density at radius 3 is 2.29 bits per heavy atom. The molecule has 1 heterocycles. The van der Waals surface area contributed by atoms with Crippen molar-refractivity contribution in [1.82, 2.24) is 4.90 Å². The number of aliphatic hydroxyl groups is 1. The summed E-state index contributed by atoms with van der Waals surface area (Å²) < 4.78 is 5.82. The lowest BCUT2D eigenvalue weighted by molar-refractivity contribution is -0.140. The number of carbonyl (C=O) groups is 2. The van der Waals surface area contributed by atoms with Gasteiger partial charge in [0.1, 0.15) is 11.5 Å². The van der Waals surface area contributed by atoms with Crippen LogP contribution in [0, 0.1) is 0 Å². The highest BCUT2D eigenvalue weighted by molar-refractivity contribution is 6.46. The fourth-order valence-corrected chi connectivity index (χ4v) is 4.35. The second kappa shape index (κ2) is 11.2. The average Bonchev–Trinajstić information content (AvgIpc) is 3.12. The molecule has 1 amide bonds. The number of hydrogen-bond donors (Lipinski definition) is 1. The maximum atomic E-state index is 13.2. The van der Waals surface area contributed by atoms with Crippen LogP contribution in [0.3, 0.4) is 0 Å². The number of amides is 1. The highest BCUT2D eigenvalue weighted by Crippen LogP contribution is 2.40. The van der Waals surface area contributed by atoms with E-state index in [-0.39, 0.29) is 17.9 Å². The minimum absolute atomic E-state index is 0.0601. The van der Waals surface area contributed by atoms with Crippen molar-refractivity contribution in [3.63, 3.8) is 0 Å². The molecule has 180 valence electrons. The quantitative estimate of drug-likeness (QED) is 0.160. The van der Waals surface area contributed by atoms with Crippen LogP contribution >= 0.6 is 11.6 Å². The van der Waals surface area contributed by atoms with Crippen molar-refractivity contribution in [3.05, 3.63) is 106 Å². The average molecular weight is 490 g/mol. The topological polar surface area (TPSA) is 66.8 Å². The predicted octanol–water partition coefficient (Wildman–Crippen LogP) is 6.53. The standard InChI is InChI=1S/C29H28ClNO4/c1-2-3-7-18-35-24-16-12-21(13-17-24)26-25(27(32)22-10-14-23(30)15-11-22)28(33)29(34)31(26)19-20-8-5-4-6-9-20/h4-6,8-17,26,32H,2-3,7,18-19H2,1H3/b27-25+. The molecule has 0 spiro atoms. The summed E-state index contributed by atoms with van der Waals surface area (Å²) >= 11 is 6.00. The Morgan fingerprint density at radius 1 is 0.943 bits per heavy atom. The van der Waals surface area contributed by atoms with Gasteiger partial charge >= 0.3 is 0 Å². The lowest BCUT2D eigenvalue weighted by Crippen LogP contribution is -2.29. The van der Waals surface area contributed by atoms with Gasteiger partial charge in [0, 0.05) is 17.1 Å². The van der Waals surface area contributed by atoms with E-state index in [4.69, 9.17) is 16.3 Å². The van der Waals surface area contributed by atoms with Crippen LogP contribution in [0.2, 0.25) is 5.02 Å². The molecule has 3 aromatic carbocycles. The van der Waals surface area contributed by atoms with Crippen LogP contribution in [-0.2, 0) is 16.1 Å². The van der Waals surface area contributed by atoms with E-state index in [2.05, 4.69) is 6.92 Å². The van der Waals surface area contributed by atoms with Gasteiger partial charge in [0.05, 0.1) is 18.2 Å². The summed E-state index contributed by atoms with van der Waals surface area (Å²) in [5, 5.41) is 11.7. The molecule has 5 nitrogen and oxygen atoms in total. The normalized spacial score (nSPS) is 17.1. The highest BCUT2D eigenvalue weighted by Gasteiger charge is 2.46. The lowest BCUT2D eigenvalue weighted by atomic mass is 9.95. The van der Waals surface area contributed by atoms with Gasteiger partial charge in [0.25, 0.3) is 11.7 Å². The van der Waals surface area contributed by atoms with Crippen LogP contribution in [0.25, 0.3) is 5.76 Å². The van der Waals surface area contributed by atoms with Crippen molar-refractivity contribution >= 4 is 29.1 Å². The largest absolute Gasteiger partial charge is 0.507 e. The third kappa shape index (κ3) is 5.57. The fourth-order valence-electron chi connectivity index (χ4n) is 4.22. The Bertz CT molecular complexity index is 1200. The van der Waals surface area contributed by atoms with Crippen LogP contribution in [0.15, 0.2) is 84.4 Å². The van der Waals surface area contributed by atoms with Gasteiger partial charge in [-0.3, -0.25) is 9.59 Å². The molecule has 1 unspecified atom stereocenters. The number of ketones is 1. The Balaban J connectivity index is 1.72. The van der Waals surface area contributed by atoms with Crippen molar-refractivity contribution in [2.45, 2.75) is 38.8 Å². The van der Waals surface area contributed by atoms with E-state index < -0.39 is 17.7 Å². The molecule has 3 aromatic rings. The van der Waals surface area contributed by atoms with E-state index in [0.29, 0.717) is 17.2 Å². The molecular formula is C29H28ClNO4. The van der Waals surface area contributed by atoms with E-state index >= 15 is 0 Å². The summed E-state index contributed by atoms with van der Waals surface area (Å²) in [6.45, 7) is 3.02. The van der Waals surface area contributed by atoms with Gasteiger partial charge in [-0.2, -0.15) is 0 Å². The van der Waals surface area contributed by atoms with Crippen LogP contribution < -0.4 is 4.74 Å². The van der Waals surface area contributed by atoms with E-state index in [1.54, 1.807) is 24.3 Å². The molecule has 35 heavy (non-hydrogen) atoms. The van der Waals surface area contributed by atoms with Crippen molar-refractivity contribution in [3.8, 4) is 5.75 Å². The van der Waals surface area contributed by atoms with Crippen molar-refractivity contribution < 1.29 is 19.4 Å². The predicted molar refractivity (Wildman–Crippen MR) is 137 cm³/mol. The van der Waals surface area contributed by atoms with Crippen LogP contribution in [-0.4, -0.2) is 28.3 Å². The Hall–Kier alpha value is -3.57. The Kier molecular flexibility index (Phi) is 7.88. The maximum absolute atomic E-state index is 13.2. The number of aliphatic hydroxyl groups excluding tert-OH is 1. The van der Waals surface area contributed by atoms with Gasteiger partial charge in [-0.15, -0.1) is 0 Å². The summed E-state index contributed by atoms with van der Waals surface area (Å²) in [5.74, 6) is -0.851. The highest BCUT2D eigenvalue weighted by atomic mass is 35.5. The van der Waals surface area contributed by atoms with Gasteiger partial charge in [-0.25, -0.2) is 0 Å². The van der Waals surface area contributed by atoms with Crippen LogP contribution in [0.4, 0.5) is 0 Å². The first kappa shape index (κ1) is 24.6. The molecular weight excluding hydrogens is 462 g/mol. The summed E-state index contributed by atoms with van der Waals surface area (Å²) in [7, 11) is 0. The second-order valence-corrected chi connectivity index (χ2v) is 8.98. The summed E-state index contributed by atoms with van der Waals surface area (Å²) in [6.07, 6.45) is 3.21. The minimum atomic E-state index is -0.736. The molecule has 0 bridgehead atoms. The number of Topliss-reactive ketones (excluding diaryl/α,β-unsaturated/α-hetero) is 1. The maximum Gasteiger partial charge on any atom is 0.295 e. The molecule has 1 atom stereocenters. The zero-order valence-corrected chi connectivity index (χ0v) is 20.4. The van der Waals surface area contributed by atoms with E-state index in [1.165, 1.54) is 4.90 Å². The molecule has 1 saturated heterocycles. The van der Waals surface area contributed by atoms with Crippen LogP contribution in [0.1, 0.15) is 48.9 Å². The summed E-state index contributed by atoms with van der Waals surface area (Å²) in [5.41, 5.74) is 2.09. The van der Waals surface area contributed by atoms with Gasteiger partial charge in [-0.05, 0) is 53.9 Å². The number of nitrogens with zero attached hydrogens (tertiary/aromatic N) is 1. The van der Waals surface area contributed by atoms with Gasteiger partial charge in [0.15, 0.2) is 0 Å². The van der Waals surface area contributed by atoms with Crippen molar-refractivity contribution in [2.75, 3.05) is 6.61 Å². The smallest absolute Gasteiger partial charge is 0.295 e. The molecule has 1 fully saturated rings. The number of ether oxygens (including phenoxy) is 1. The number of carbonyl (C=O) groups excluding carboxylic acids is 2. The van der Waals surface area contributed by atoms with E-state index in [1.807, 2.05) is 54.6 Å². The number of hydrogen-bond acceptors (Lipinski definition) is 4. The molecule has 1 N–H and O–H groups in total. The number of likely N-dealkylation sites (tertiary alicyclic amines) is 1. The summed E-state index contributed by atoms with van der Waals surface area (Å²) in [4.78, 5) is 27.8. The first-order valence-corrected chi connectivity index (χ1v) is 12.2. The zero-order valence-electron chi connectivity index (χ0n) is 19.6. The Morgan fingerprint density at radius 2 is 1.63 bits per heavy atom. The fraction of sp³-hybridized carbons (Fsp3) is 0.241. The van der Waals surface area contributed by atoms with Gasteiger partial charge < -0.3 is 14.7 Å². The third-order valence-corrected chi connectivity index (χ3v) is 6.32. The Labute approximate surface area is 210 Å². The minimum Gasteiger partial charge on any atom is -0.507 e. The zero-order chi connectivity index (χ0) is 24.8. The van der Waals surface area contributed by atoms with E-state index in [9.17, 15) is 14.7 Å². The molecule has 0 saturated carbocycles. The molecule has 0 aromatic heterocycles. The lowest BCUT2D eigenvalue weighted by Gasteiger charge is -2.25. The molecule has 1 aliphatic heterocycles. The number of benzene rings is 3. The van der Waals surface area contributed by atoms with E-state index in [0.717, 1.165) is 36.1 Å². The molecule has 0 aliphatic carbocycles. The monoisotopic (exact) mass is 489 g/mol. The van der Waals surface area contributed by atoms with Crippen LogP contribution in [0.5, 0.6) is 5.75 Å². The first-order chi connectivity index (χ1) is 17.0. The number of halogens is 1.